The van der Waals surface area contributed by atoms with Crippen molar-refractivity contribution in [2.75, 3.05) is 0 Å². The molecule has 48 heavy (non-hydrogen) atoms. The first-order valence-electron chi connectivity index (χ1n) is 20.2. The Morgan fingerprint density at radius 1 is 0.458 bits per heavy atom. The minimum atomic E-state index is 0. The molecule has 0 aliphatic carbocycles. The van der Waals surface area contributed by atoms with E-state index in [2.05, 4.69) is 78.8 Å². The molecule has 0 radical (unpaired) electrons. The summed E-state index contributed by atoms with van der Waals surface area (Å²) in [6.07, 6.45) is 28.6. The Balaban J connectivity index is 0.00000800. The molecule has 0 saturated heterocycles. The van der Waals surface area contributed by atoms with E-state index < -0.39 is 0 Å². The summed E-state index contributed by atoms with van der Waals surface area (Å²) in [5.74, 6) is 0. The molecule has 0 fully saturated rings. The van der Waals surface area contributed by atoms with Crippen molar-refractivity contribution in [1.29, 1.82) is 0 Å². The monoisotopic (exact) mass is 746 g/mol. The molecule has 2 aromatic rings. The van der Waals surface area contributed by atoms with Gasteiger partial charge in [0.1, 0.15) is 0 Å². The van der Waals surface area contributed by atoms with E-state index in [-0.39, 0.29) is 23.3 Å². The van der Waals surface area contributed by atoms with Gasteiger partial charge in [-0.15, -0.1) is 0 Å². The van der Waals surface area contributed by atoms with Gasteiger partial charge in [0, 0.05) is 43.2 Å². The van der Waals surface area contributed by atoms with Crippen LogP contribution < -0.4 is 0 Å². The van der Waals surface area contributed by atoms with Crippen LogP contribution in [0.4, 0.5) is 0 Å². The fourth-order valence-corrected chi connectivity index (χ4v) is 7.64. The largest absolute Gasteiger partial charge is 1.00 e. The summed E-state index contributed by atoms with van der Waals surface area (Å²) in [4.78, 5) is 0. The number of allylic oxidation sites excluding steroid dienone is 2. The molecule has 0 saturated carbocycles. The normalized spacial score (nSPS) is 13.0. The second-order valence-electron chi connectivity index (χ2n) is 14.3. The van der Waals surface area contributed by atoms with Crippen molar-refractivity contribution in [3.8, 4) is 0 Å². The summed E-state index contributed by atoms with van der Waals surface area (Å²) < 4.78 is 1.60. The van der Waals surface area contributed by atoms with E-state index in [1.807, 2.05) is 0 Å². The Morgan fingerprint density at radius 3 is 1.42 bits per heavy atom. The van der Waals surface area contributed by atoms with Gasteiger partial charge in [-0.05, 0) is 128 Å². The van der Waals surface area contributed by atoms with Gasteiger partial charge in [-0.1, -0.05) is 119 Å². The molecule has 0 bridgehead atoms. The van der Waals surface area contributed by atoms with Crippen LogP contribution in [0, 0.1) is 0 Å². The average Bonchev–Trinajstić information content (AvgIpc) is 3.40. The van der Waals surface area contributed by atoms with E-state index in [1.54, 1.807) is 15.8 Å². The van der Waals surface area contributed by atoms with Crippen molar-refractivity contribution >= 4 is 11.4 Å². The van der Waals surface area contributed by atoms with E-state index >= 15 is 0 Å². The Morgan fingerprint density at radius 2 is 0.896 bits per heavy atom. The Hall–Kier alpha value is -1.82. The fraction of sp³-hybridized carbons (Fsp3) is 0.644. The maximum Gasteiger partial charge on any atom is 0.210 e. The minimum absolute atomic E-state index is 0. The molecule has 0 N–H and O–H groups in total. The molecule has 3 heteroatoms. The predicted octanol–water partition coefficient (Wildman–Crippen LogP) is 14.3. The molecule has 0 amide bonds. The third-order valence-electron chi connectivity index (χ3n) is 10.2. The van der Waals surface area contributed by atoms with Crippen LogP contribution in [0.5, 0.6) is 0 Å². The van der Waals surface area contributed by atoms with Crippen LogP contribution in [0.25, 0.3) is 16.9 Å². The molecule has 3 rings (SSSR count). The van der Waals surface area contributed by atoms with E-state index in [1.165, 1.54) is 129 Å². The van der Waals surface area contributed by atoms with Gasteiger partial charge in [-0.2, -0.15) is 0 Å². The van der Waals surface area contributed by atoms with E-state index in [0.717, 1.165) is 62.8 Å². The maximum atomic E-state index is 12.3. The smallest absolute Gasteiger partial charge is 0.210 e. The number of nitrogens with zero attached hydrogens (tertiary/aromatic N) is 2. The van der Waals surface area contributed by atoms with Crippen molar-refractivity contribution in [1.82, 2.24) is 0 Å². The number of rotatable bonds is 24. The third-order valence-corrected chi connectivity index (χ3v) is 10.2. The third kappa shape index (κ3) is 11.9. The standard InChI is InChI=1S/C45H70N2.Pd.2H/c1-8-15-19-20-21-22-28-39-34-44(40-30-35(23-12-5)42(25-14-7)36(31-40)24-13-6)47(46)45(39)41-32-37(26-16-9-2)43(29-18-11-4)38(33-41)27-17-10-3;;;/h30-34H,8-29H2,1-7H3;;;/q;;2*-1. The van der Waals surface area contributed by atoms with Crippen LogP contribution in [0.15, 0.2) is 35.9 Å². The topological polar surface area (TPSA) is 25.3 Å². The summed E-state index contributed by atoms with van der Waals surface area (Å²) in [6, 6.07) is 9.78. The van der Waals surface area contributed by atoms with Gasteiger partial charge >= 0.3 is 0 Å². The van der Waals surface area contributed by atoms with Crippen molar-refractivity contribution in [3.63, 3.8) is 0 Å². The molecule has 1 aliphatic heterocycles. The predicted molar refractivity (Wildman–Crippen MR) is 209 cm³/mol. The summed E-state index contributed by atoms with van der Waals surface area (Å²) in [6.45, 7) is 16.1. The molecule has 0 aromatic heterocycles. The first kappa shape index (κ1) is 42.4. The van der Waals surface area contributed by atoms with Gasteiger partial charge in [0.05, 0.1) is 0 Å². The average molecular weight is 748 g/mol. The fourth-order valence-electron chi connectivity index (χ4n) is 7.64. The molecule has 2 aromatic carbocycles. The molecule has 0 spiro atoms. The van der Waals surface area contributed by atoms with Gasteiger partial charge in [0.2, 0.25) is 11.4 Å². The number of aryl methyl sites for hydroxylation is 4. The Kier molecular flexibility index (Phi) is 20.8. The first-order valence-corrected chi connectivity index (χ1v) is 20.2. The first-order chi connectivity index (χ1) is 23.0. The Bertz CT molecular complexity index is 1290. The molecular weight excluding hydrogens is 675 g/mol. The van der Waals surface area contributed by atoms with Gasteiger partial charge in [-0.25, -0.2) is 4.70 Å². The summed E-state index contributed by atoms with van der Waals surface area (Å²) in [5, 5.41) is 0. The van der Waals surface area contributed by atoms with Crippen LogP contribution in [0.1, 0.15) is 199 Å². The molecule has 0 atom stereocenters. The second-order valence-corrected chi connectivity index (χ2v) is 14.3. The molecular formula is C45H72N2Pd-2. The molecule has 0 unspecified atom stereocenters. The number of hydrogen-bond donors (Lipinski definition) is 0. The van der Waals surface area contributed by atoms with Gasteiger partial charge in [-0.3, -0.25) is 0 Å². The molecule has 1 heterocycles. The number of benzene rings is 2. The number of hydrogen-bond acceptors (Lipinski definition) is 0. The minimum Gasteiger partial charge on any atom is -1.00 e. The zero-order valence-corrected chi connectivity index (χ0v) is 33.7. The van der Waals surface area contributed by atoms with E-state index in [9.17, 15) is 5.53 Å². The quantitative estimate of drug-likeness (QED) is 0.0581. The van der Waals surface area contributed by atoms with Crippen molar-refractivity contribution in [2.24, 2.45) is 0 Å². The zero-order valence-electron chi connectivity index (χ0n) is 34.2. The molecule has 1 aliphatic rings. The van der Waals surface area contributed by atoms with Gasteiger partial charge in [0.15, 0.2) is 0 Å². The summed E-state index contributed by atoms with van der Waals surface area (Å²) >= 11 is 0. The van der Waals surface area contributed by atoms with Crippen LogP contribution in [0.2, 0.25) is 0 Å². The van der Waals surface area contributed by atoms with Crippen molar-refractivity contribution < 1.29 is 28.0 Å². The van der Waals surface area contributed by atoms with Crippen LogP contribution in [-0.2, 0) is 58.9 Å². The Labute approximate surface area is 313 Å². The van der Waals surface area contributed by atoms with E-state index in [0.29, 0.717) is 0 Å². The van der Waals surface area contributed by atoms with Gasteiger partial charge < -0.3 is 8.38 Å². The van der Waals surface area contributed by atoms with E-state index in [4.69, 9.17) is 0 Å². The van der Waals surface area contributed by atoms with Crippen LogP contribution >= 0.6 is 0 Å². The van der Waals surface area contributed by atoms with Crippen LogP contribution in [-0.4, -0.2) is 4.70 Å². The molecule has 274 valence electrons. The van der Waals surface area contributed by atoms with Crippen molar-refractivity contribution in [2.45, 2.75) is 190 Å². The zero-order chi connectivity index (χ0) is 34.0. The molecule has 2 nitrogen and oxygen atoms in total. The second kappa shape index (κ2) is 23.6. The SMILES string of the molecule is CCCCCCCCC1=C(c2cc(CCCC)c(CCCC)c(CCCC)c2)[N+](=[N-])C(c2cc(CCC)c(CCC)c(CCC)c2)=C1.[H-].[H-].[Pd]. The maximum absolute atomic E-state index is 12.3. The van der Waals surface area contributed by atoms with Crippen molar-refractivity contribution in [3.05, 3.63) is 86.0 Å². The van der Waals surface area contributed by atoms with Gasteiger partial charge in [0.25, 0.3) is 0 Å². The van der Waals surface area contributed by atoms with Crippen LogP contribution in [0.3, 0.4) is 0 Å². The summed E-state index contributed by atoms with van der Waals surface area (Å²) in [7, 11) is 0. The summed E-state index contributed by atoms with van der Waals surface area (Å²) in [5.41, 5.74) is 27.2. The number of unbranched alkanes of at least 4 members (excludes halogenated alkanes) is 8.